The Morgan fingerprint density at radius 1 is 1.54 bits per heavy atom. The fraction of sp³-hybridized carbons (Fsp3) is 1.00. The minimum atomic E-state index is -3.03. The normalized spacial score (nSPS) is 13.4. The van der Waals surface area contributed by atoms with Crippen LogP contribution < -0.4 is 0 Å². The second-order valence-corrected chi connectivity index (χ2v) is 5.31. The number of hydrogen-bond acceptors (Lipinski definition) is 3. The SMILES string of the molecule is CCC(C)CS(=O)(=O)CCN=[N+]=[N-]. The van der Waals surface area contributed by atoms with Gasteiger partial charge in [0.2, 0.25) is 0 Å². The van der Waals surface area contributed by atoms with Crippen molar-refractivity contribution in [1.82, 2.24) is 0 Å². The Balaban J connectivity index is 4.01. The molecular formula is C7H15N3O2S. The molecule has 0 aliphatic heterocycles. The Bertz CT molecular complexity index is 280. The van der Waals surface area contributed by atoms with Crippen LogP contribution in [0.1, 0.15) is 20.3 Å². The first kappa shape index (κ1) is 12.3. The average Bonchev–Trinajstić information content (AvgIpc) is 2.03. The summed E-state index contributed by atoms with van der Waals surface area (Å²) in [6.07, 6.45) is 0.848. The lowest BCUT2D eigenvalue weighted by Crippen LogP contribution is -2.18. The third kappa shape index (κ3) is 6.42. The van der Waals surface area contributed by atoms with Crippen molar-refractivity contribution in [2.45, 2.75) is 20.3 Å². The molecule has 0 bridgehead atoms. The van der Waals surface area contributed by atoms with Crippen LogP contribution in [-0.4, -0.2) is 26.5 Å². The van der Waals surface area contributed by atoms with Crippen molar-refractivity contribution < 1.29 is 8.42 Å². The van der Waals surface area contributed by atoms with Gasteiger partial charge in [0.05, 0.1) is 11.5 Å². The average molecular weight is 205 g/mol. The van der Waals surface area contributed by atoms with Crippen LogP contribution in [0.2, 0.25) is 0 Å². The molecule has 0 spiro atoms. The van der Waals surface area contributed by atoms with Gasteiger partial charge in [0.25, 0.3) is 0 Å². The number of nitrogens with zero attached hydrogens (tertiary/aromatic N) is 3. The highest BCUT2D eigenvalue weighted by atomic mass is 32.2. The molecule has 1 atom stereocenters. The van der Waals surface area contributed by atoms with Gasteiger partial charge in [0.1, 0.15) is 0 Å². The van der Waals surface area contributed by atoms with E-state index < -0.39 is 9.84 Å². The van der Waals surface area contributed by atoms with Gasteiger partial charge in [-0.05, 0) is 11.4 Å². The molecule has 0 amide bonds. The maximum atomic E-state index is 11.3. The maximum Gasteiger partial charge on any atom is 0.150 e. The Morgan fingerprint density at radius 3 is 2.62 bits per heavy atom. The zero-order valence-corrected chi connectivity index (χ0v) is 8.79. The molecule has 76 valence electrons. The van der Waals surface area contributed by atoms with Crippen LogP contribution in [0.3, 0.4) is 0 Å². The van der Waals surface area contributed by atoms with E-state index in [2.05, 4.69) is 10.0 Å². The van der Waals surface area contributed by atoms with Crippen LogP contribution in [0, 0.1) is 5.92 Å². The van der Waals surface area contributed by atoms with Crippen LogP contribution in [-0.2, 0) is 9.84 Å². The molecule has 0 aromatic heterocycles. The fourth-order valence-electron chi connectivity index (χ4n) is 0.859. The molecule has 0 aliphatic carbocycles. The van der Waals surface area contributed by atoms with Gasteiger partial charge in [-0.15, -0.1) is 0 Å². The van der Waals surface area contributed by atoms with Gasteiger partial charge >= 0.3 is 0 Å². The highest BCUT2D eigenvalue weighted by Gasteiger charge is 2.13. The Morgan fingerprint density at radius 2 is 2.15 bits per heavy atom. The second-order valence-electron chi connectivity index (χ2n) is 3.08. The molecule has 0 N–H and O–H groups in total. The van der Waals surface area contributed by atoms with E-state index in [1.54, 1.807) is 0 Å². The van der Waals surface area contributed by atoms with E-state index in [1.165, 1.54) is 0 Å². The van der Waals surface area contributed by atoms with Crippen LogP contribution >= 0.6 is 0 Å². The highest BCUT2D eigenvalue weighted by Crippen LogP contribution is 2.05. The van der Waals surface area contributed by atoms with Crippen molar-refractivity contribution in [3.8, 4) is 0 Å². The molecule has 0 aromatic rings. The maximum absolute atomic E-state index is 11.3. The molecule has 0 aromatic carbocycles. The lowest BCUT2D eigenvalue weighted by atomic mass is 10.2. The number of azide groups is 1. The summed E-state index contributed by atoms with van der Waals surface area (Å²) in [6.45, 7) is 3.88. The van der Waals surface area contributed by atoms with E-state index in [1.807, 2.05) is 13.8 Å². The predicted octanol–water partition coefficient (Wildman–Crippen LogP) is 1.76. The van der Waals surface area contributed by atoms with Crippen molar-refractivity contribution >= 4 is 9.84 Å². The molecule has 0 radical (unpaired) electrons. The van der Waals surface area contributed by atoms with Gasteiger partial charge in [-0.3, -0.25) is 0 Å². The molecule has 5 nitrogen and oxygen atoms in total. The zero-order chi connectivity index (χ0) is 10.3. The minimum absolute atomic E-state index is 0.0370. The summed E-state index contributed by atoms with van der Waals surface area (Å²) in [5.41, 5.74) is 7.95. The van der Waals surface area contributed by atoms with Crippen molar-refractivity contribution in [2.24, 2.45) is 11.0 Å². The molecule has 0 heterocycles. The van der Waals surface area contributed by atoms with Crippen LogP contribution in [0.5, 0.6) is 0 Å². The lowest BCUT2D eigenvalue weighted by molar-refractivity contribution is 0.564. The molecule has 0 saturated heterocycles. The Hall–Kier alpha value is -0.740. The summed E-state index contributed by atoms with van der Waals surface area (Å²) in [4.78, 5) is 2.50. The summed E-state index contributed by atoms with van der Waals surface area (Å²) >= 11 is 0. The lowest BCUT2D eigenvalue weighted by Gasteiger charge is -2.07. The summed E-state index contributed by atoms with van der Waals surface area (Å²) in [5.74, 6) is 0.322. The standard InChI is InChI=1S/C7H15N3O2S/c1-3-7(2)6-13(11,12)5-4-9-10-8/h7H,3-6H2,1-2H3. The zero-order valence-electron chi connectivity index (χ0n) is 7.97. The van der Waals surface area contributed by atoms with Crippen molar-refractivity contribution in [3.63, 3.8) is 0 Å². The van der Waals surface area contributed by atoms with Crippen LogP contribution in [0.15, 0.2) is 5.11 Å². The summed E-state index contributed by atoms with van der Waals surface area (Å²) in [5, 5.41) is 3.19. The van der Waals surface area contributed by atoms with Gasteiger partial charge in [-0.1, -0.05) is 25.4 Å². The highest BCUT2D eigenvalue weighted by molar-refractivity contribution is 7.91. The molecule has 13 heavy (non-hydrogen) atoms. The fourth-order valence-corrected chi connectivity index (χ4v) is 2.49. The smallest absolute Gasteiger partial charge is 0.150 e. The van der Waals surface area contributed by atoms with Gasteiger partial charge in [0, 0.05) is 11.5 Å². The van der Waals surface area contributed by atoms with E-state index >= 15 is 0 Å². The van der Waals surface area contributed by atoms with Crippen molar-refractivity contribution in [2.75, 3.05) is 18.1 Å². The molecule has 0 aliphatic rings. The molecule has 0 fully saturated rings. The Labute approximate surface area is 78.7 Å². The molecular weight excluding hydrogens is 190 g/mol. The molecule has 0 rings (SSSR count). The summed E-state index contributed by atoms with van der Waals surface area (Å²) in [7, 11) is -3.03. The van der Waals surface area contributed by atoms with E-state index in [0.717, 1.165) is 6.42 Å². The topological polar surface area (TPSA) is 82.9 Å². The van der Waals surface area contributed by atoms with Gasteiger partial charge in [-0.2, -0.15) is 0 Å². The van der Waals surface area contributed by atoms with Gasteiger partial charge < -0.3 is 0 Å². The first-order valence-corrected chi connectivity index (χ1v) is 6.05. The monoisotopic (exact) mass is 205 g/mol. The van der Waals surface area contributed by atoms with E-state index in [0.29, 0.717) is 0 Å². The quantitative estimate of drug-likeness (QED) is 0.376. The largest absolute Gasteiger partial charge is 0.229 e. The second kappa shape index (κ2) is 5.83. The molecule has 1 unspecified atom stereocenters. The summed E-state index contributed by atoms with van der Waals surface area (Å²) < 4.78 is 22.6. The molecule has 0 saturated carbocycles. The Kier molecular flexibility index (Phi) is 5.50. The van der Waals surface area contributed by atoms with Crippen molar-refractivity contribution in [3.05, 3.63) is 10.4 Å². The minimum Gasteiger partial charge on any atom is -0.229 e. The number of sulfone groups is 1. The number of hydrogen-bond donors (Lipinski definition) is 0. The van der Waals surface area contributed by atoms with Gasteiger partial charge in [-0.25, -0.2) is 8.42 Å². The van der Waals surface area contributed by atoms with E-state index in [4.69, 9.17) is 5.53 Å². The number of rotatable bonds is 6. The third-order valence-electron chi connectivity index (χ3n) is 1.80. The molecule has 6 heteroatoms. The first-order chi connectivity index (χ1) is 6.02. The van der Waals surface area contributed by atoms with Crippen molar-refractivity contribution in [1.29, 1.82) is 0 Å². The van der Waals surface area contributed by atoms with E-state index in [-0.39, 0.29) is 24.0 Å². The first-order valence-electron chi connectivity index (χ1n) is 4.23. The van der Waals surface area contributed by atoms with Gasteiger partial charge in [0.15, 0.2) is 9.84 Å². The van der Waals surface area contributed by atoms with E-state index in [9.17, 15) is 8.42 Å². The summed E-state index contributed by atoms with van der Waals surface area (Å²) in [6, 6.07) is 0. The van der Waals surface area contributed by atoms with Crippen LogP contribution in [0.4, 0.5) is 0 Å². The predicted molar refractivity (Wildman–Crippen MR) is 52.1 cm³/mol. The third-order valence-corrected chi connectivity index (χ3v) is 3.68. The van der Waals surface area contributed by atoms with Crippen LogP contribution in [0.25, 0.3) is 10.4 Å².